The van der Waals surface area contributed by atoms with Crippen LogP contribution in [0, 0.1) is 5.82 Å². The molecule has 0 bridgehead atoms. The van der Waals surface area contributed by atoms with Crippen molar-refractivity contribution in [2.45, 2.75) is 11.5 Å². The molecule has 1 rings (SSSR count). The lowest BCUT2D eigenvalue weighted by Gasteiger charge is -2.10. The third-order valence-corrected chi connectivity index (χ3v) is 2.47. The molecule has 0 fully saturated rings. The number of alkyl halides is 4. The van der Waals surface area contributed by atoms with E-state index < -0.39 is 22.6 Å². The van der Waals surface area contributed by atoms with Gasteiger partial charge >= 0.3 is 6.18 Å². The van der Waals surface area contributed by atoms with E-state index >= 15 is 0 Å². The fourth-order valence-corrected chi connectivity index (χ4v) is 1.49. The summed E-state index contributed by atoms with van der Waals surface area (Å²) in [7, 11) is 0. The molecule has 6 heteroatoms. The van der Waals surface area contributed by atoms with Crippen LogP contribution in [0.5, 0.6) is 0 Å². The summed E-state index contributed by atoms with van der Waals surface area (Å²) in [6.07, 6.45) is -4.72. The highest BCUT2D eigenvalue weighted by Gasteiger charge is 2.35. The van der Waals surface area contributed by atoms with Gasteiger partial charge in [-0.1, -0.05) is 27.5 Å². The van der Waals surface area contributed by atoms with Gasteiger partial charge in [-0.2, -0.15) is 13.2 Å². The summed E-state index contributed by atoms with van der Waals surface area (Å²) in [6, 6.07) is 1.89. The smallest absolute Gasteiger partial charge is 0.205 e. The highest BCUT2D eigenvalue weighted by molar-refractivity contribution is 9.08. The van der Waals surface area contributed by atoms with Gasteiger partial charge in [-0.05, 0) is 17.7 Å². The average molecular weight is 291 g/mol. The lowest BCUT2D eigenvalue weighted by Crippen LogP contribution is -2.09. The molecule has 1 aromatic carbocycles. The molecule has 0 aromatic heterocycles. The van der Waals surface area contributed by atoms with Crippen LogP contribution in [0.25, 0.3) is 0 Å². The minimum absolute atomic E-state index is 0.191. The normalized spacial score (nSPS) is 11.9. The molecule has 0 N–H and O–H groups in total. The van der Waals surface area contributed by atoms with Crippen LogP contribution in [0.3, 0.4) is 0 Å². The second-order valence-electron chi connectivity index (χ2n) is 2.57. The van der Waals surface area contributed by atoms with Gasteiger partial charge in [-0.3, -0.25) is 0 Å². The van der Waals surface area contributed by atoms with E-state index in [0.717, 1.165) is 12.1 Å². The summed E-state index contributed by atoms with van der Waals surface area (Å²) in [5.41, 5.74) is -1.05. The highest BCUT2D eigenvalue weighted by Crippen LogP contribution is 2.35. The molecule has 0 amide bonds. The predicted octanol–water partition coefficient (Wildman–Crippen LogP) is 4.39. The molecule has 0 unspecified atom stereocenters. The lowest BCUT2D eigenvalue weighted by molar-refractivity contribution is -0.140. The van der Waals surface area contributed by atoms with E-state index in [4.69, 9.17) is 11.6 Å². The van der Waals surface area contributed by atoms with Gasteiger partial charge in [0.05, 0.1) is 10.6 Å². The molecule has 0 aliphatic carbocycles. The van der Waals surface area contributed by atoms with Gasteiger partial charge in [-0.25, -0.2) is 4.39 Å². The van der Waals surface area contributed by atoms with Crippen LogP contribution >= 0.6 is 27.5 Å². The maximum Gasteiger partial charge on any atom is 0.419 e. The zero-order chi connectivity index (χ0) is 10.9. The number of rotatable bonds is 1. The third-order valence-electron chi connectivity index (χ3n) is 1.55. The highest BCUT2D eigenvalue weighted by atomic mass is 79.9. The molecule has 0 aliphatic heterocycles. The summed E-state index contributed by atoms with van der Waals surface area (Å²) >= 11 is 8.28. The Labute approximate surface area is 91.0 Å². The Hall–Kier alpha value is -0.290. The molecule has 0 aliphatic rings. The molecular formula is C8H4BrClF4. The standard InChI is InChI=1S/C8H4BrClF4/c9-3-4-1-5(8(12,13)14)7(11)6(10)2-4/h1-2H,3H2. The number of hydrogen-bond donors (Lipinski definition) is 0. The van der Waals surface area contributed by atoms with Crippen molar-refractivity contribution >= 4 is 27.5 Å². The third kappa shape index (κ3) is 2.39. The first-order chi connectivity index (χ1) is 6.36. The van der Waals surface area contributed by atoms with Crippen LogP contribution in [-0.4, -0.2) is 0 Å². The SMILES string of the molecule is Fc1c(Cl)cc(CBr)cc1C(F)(F)F. The van der Waals surface area contributed by atoms with Gasteiger partial charge in [0.1, 0.15) is 0 Å². The lowest BCUT2D eigenvalue weighted by atomic mass is 10.1. The second kappa shape index (κ2) is 4.06. The molecule has 0 saturated carbocycles. The zero-order valence-corrected chi connectivity index (χ0v) is 8.97. The van der Waals surface area contributed by atoms with Crippen LogP contribution in [0.2, 0.25) is 5.02 Å². The Kier molecular flexibility index (Phi) is 3.42. The Balaban J connectivity index is 3.35. The van der Waals surface area contributed by atoms with Crippen LogP contribution in [-0.2, 0) is 11.5 Å². The van der Waals surface area contributed by atoms with Gasteiger partial charge in [0.2, 0.25) is 0 Å². The molecule has 0 saturated heterocycles. The molecule has 14 heavy (non-hydrogen) atoms. The molecule has 0 spiro atoms. The van der Waals surface area contributed by atoms with E-state index in [1.807, 2.05) is 0 Å². The summed E-state index contributed by atoms with van der Waals surface area (Å²) < 4.78 is 49.6. The van der Waals surface area contributed by atoms with E-state index in [9.17, 15) is 17.6 Å². The van der Waals surface area contributed by atoms with E-state index in [0.29, 0.717) is 0 Å². The largest absolute Gasteiger partial charge is 0.419 e. The van der Waals surface area contributed by atoms with Crippen LogP contribution in [0.1, 0.15) is 11.1 Å². The van der Waals surface area contributed by atoms with Crippen molar-refractivity contribution in [3.8, 4) is 0 Å². The molecule has 1 aromatic rings. The molecule has 0 atom stereocenters. The molecule has 0 radical (unpaired) electrons. The Morgan fingerprint density at radius 3 is 2.29 bits per heavy atom. The first-order valence-corrected chi connectivity index (χ1v) is 4.97. The van der Waals surface area contributed by atoms with Crippen molar-refractivity contribution < 1.29 is 17.6 Å². The van der Waals surface area contributed by atoms with Gasteiger partial charge in [0, 0.05) is 5.33 Å². The van der Waals surface area contributed by atoms with E-state index in [1.54, 1.807) is 0 Å². The van der Waals surface area contributed by atoms with Gasteiger partial charge in [0.15, 0.2) is 5.82 Å². The van der Waals surface area contributed by atoms with Gasteiger partial charge < -0.3 is 0 Å². The number of benzene rings is 1. The molecule has 0 heterocycles. The summed E-state index contributed by atoms with van der Waals surface area (Å²) in [5, 5.41) is -0.329. The maximum absolute atomic E-state index is 12.9. The Morgan fingerprint density at radius 2 is 1.86 bits per heavy atom. The predicted molar refractivity (Wildman–Crippen MR) is 49.0 cm³/mol. The topological polar surface area (TPSA) is 0 Å². The van der Waals surface area contributed by atoms with E-state index in [1.165, 1.54) is 0 Å². The van der Waals surface area contributed by atoms with Gasteiger partial charge in [0.25, 0.3) is 0 Å². The Morgan fingerprint density at radius 1 is 1.29 bits per heavy atom. The van der Waals surface area contributed by atoms with Crippen molar-refractivity contribution in [2.24, 2.45) is 0 Å². The fraction of sp³-hybridized carbons (Fsp3) is 0.250. The second-order valence-corrected chi connectivity index (χ2v) is 3.54. The maximum atomic E-state index is 12.9. The zero-order valence-electron chi connectivity index (χ0n) is 6.63. The number of hydrogen-bond acceptors (Lipinski definition) is 0. The first kappa shape index (κ1) is 11.8. The van der Waals surface area contributed by atoms with Gasteiger partial charge in [-0.15, -0.1) is 0 Å². The molecule has 0 nitrogen and oxygen atoms in total. The number of halogens is 6. The fourth-order valence-electron chi connectivity index (χ4n) is 0.929. The minimum Gasteiger partial charge on any atom is -0.205 e. The minimum atomic E-state index is -4.72. The van der Waals surface area contributed by atoms with Crippen LogP contribution in [0.4, 0.5) is 17.6 Å². The van der Waals surface area contributed by atoms with E-state index in [2.05, 4.69) is 15.9 Å². The van der Waals surface area contributed by atoms with Crippen LogP contribution < -0.4 is 0 Å². The van der Waals surface area contributed by atoms with Crippen LogP contribution in [0.15, 0.2) is 12.1 Å². The molecule has 78 valence electrons. The molecular weight excluding hydrogens is 287 g/mol. The quantitative estimate of drug-likeness (QED) is 0.531. The monoisotopic (exact) mass is 290 g/mol. The Bertz CT molecular complexity index is 348. The van der Waals surface area contributed by atoms with E-state index in [-0.39, 0.29) is 10.9 Å². The van der Waals surface area contributed by atoms with Crippen molar-refractivity contribution in [1.82, 2.24) is 0 Å². The average Bonchev–Trinajstić information content (AvgIpc) is 2.07. The van der Waals surface area contributed by atoms with Crippen molar-refractivity contribution in [3.63, 3.8) is 0 Å². The van der Waals surface area contributed by atoms with Crippen molar-refractivity contribution in [1.29, 1.82) is 0 Å². The summed E-state index contributed by atoms with van der Waals surface area (Å²) in [5.74, 6) is -1.43. The van der Waals surface area contributed by atoms with Crippen molar-refractivity contribution in [3.05, 3.63) is 34.1 Å². The summed E-state index contributed by atoms with van der Waals surface area (Å²) in [6.45, 7) is 0. The first-order valence-electron chi connectivity index (χ1n) is 3.47. The van der Waals surface area contributed by atoms with Crippen molar-refractivity contribution in [2.75, 3.05) is 0 Å². The summed E-state index contributed by atoms with van der Waals surface area (Å²) in [4.78, 5) is 0.